The molecule has 140 valence electrons. The zero-order valence-electron chi connectivity index (χ0n) is 14.7. The highest BCUT2D eigenvalue weighted by Crippen LogP contribution is 2.20. The minimum atomic E-state index is -0.612. The number of fused-ring (bicyclic) bond motifs is 1. The summed E-state index contributed by atoms with van der Waals surface area (Å²) in [7, 11) is 0. The normalized spacial score (nSPS) is 10.9. The minimum absolute atomic E-state index is 0.149. The number of hydrogen-bond donors (Lipinski definition) is 0. The van der Waals surface area contributed by atoms with Gasteiger partial charge in [-0.2, -0.15) is 0 Å². The molecule has 0 atom stereocenters. The van der Waals surface area contributed by atoms with E-state index in [1.54, 1.807) is 0 Å². The lowest BCUT2D eigenvalue weighted by Crippen LogP contribution is -2.15. The maximum atomic E-state index is 12.0. The van der Waals surface area contributed by atoms with Crippen molar-refractivity contribution in [2.45, 2.75) is 32.9 Å². The predicted octanol–water partition coefficient (Wildman–Crippen LogP) is 3.33. The van der Waals surface area contributed by atoms with Gasteiger partial charge in [0, 0.05) is 19.0 Å². The summed E-state index contributed by atoms with van der Waals surface area (Å²) < 4.78 is 11.7. The number of carbonyl (C=O) groups excluding carboxylic acids is 1. The number of benzene rings is 2. The third-order valence-electron chi connectivity index (χ3n) is 4.28. The van der Waals surface area contributed by atoms with Crippen molar-refractivity contribution in [3.8, 4) is 0 Å². The van der Waals surface area contributed by atoms with Crippen LogP contribution in [0.1, 0.15) is 24.0 Å². The van der Waals surface area contributed by atoms with Gasteiger partial charge in [-0.3, -0.25) is 19.5 Å². The second-order valence-corrected chi connectivity index (χ2v) is 6.12. The summed E-state index contributed by atoms with van der Waals surface area (Å²) in [5.41, 5.74) is 2.46. The lowest BCUT2D eigenvalue weighted by Gasteiger charge is -2.07. The molecule has 8 nitrogen and oxygen atoms in total. The SMILES string of the molecule is Cc1ccccc1COC(=O)CCCn1c(=O)oc2cc([N+](=O)[O-])ccc21. The number of non-ortho nitro benzene ring substituents is 1. The summed E-state index contributed by atoms with van der Waals surface area (Å²) in [6.45, 7) is 2.41. The fourth-order valence-corrected chi connectivity index (χ4v) is 2.76. The number of nitro benzene ring substituents is 1. The first kappa shape index (κ1) is 18.4. The first-order valence-corrected chi connectivity index (χ1v) is 8.43. The second kappa shape index (κ2) is 7.86. The quantitative estimate of drug-likeness (QED) is 0.359. The van der Waals surface area contributed by atoms with E-state index in [-0.39, 0.29) is 36.8 Å². The van der Waals surface area contributed by atoms with Gasteiger partial charge in [-0.05, 0) is 30.5 Å². The second-order valence-electron chi connectivity index (χ2n) is 6.12. The highest BCUT2D eigenvalue weighted by molar-refractivity contribution is 5.75. The molecule has 0 aliphatic rings. The van der Waals surface area contributed by atoms with Crippen LogP contribution in [-0.2, 0) is 22.7 Å². The molecule has 2 aromatic carbocycles. The van der Waals surface area contributed by atoms with E-state index in [1.807, 2.05) is 31.2 Å². The Kier molecular flexibility index (Phi) is 5.35. The Morgan fingerprint density at radius 3 is 2.78 bits per heavy atom. The largest absolute Gasteiger partial charge is 0.461 e. The molecule has 1 aromatic heterocycles. The van der Waals surface area contributed by atoms with Gasteiger partial charge in [-0.25, -0.2) is 4.79 Å². The van der Waals surface area contributed by atoms with Crippen LogP contribution in [0.5, 0.6) is 0 Å². The molecule has 27 heavy (non-hydrogen) atoms. The van der Waals surface area contributed by atoms with E-state index in [9.17, 15) is 19.7 Å². The van der Waals surface area contributed by atoms with Crippen LogP contribution in [0.2, 0.25) is 0 Å². The topological polar surface area (TPSA) is 105 Å². The van der Waals surface area contributed by atoms with E-state index >= 15 is 0 Å². The van der Waals surface area contributed by atoms with Gasteiger partial charge < -0.3 is 9.15 Å². The maximum absolute atomic E-state index is 12.0. The monoisotopic (exact) mass is 370 g/mol. The highest BCUT2D eigenvalue weighted by Gasteiger charge is 2.14. The molecule has 0 saturated carbocycles. The smallest absolute Gasteiger partial charge is 0.419 e. The van der Waals surface area contributed by atoms with Gasteiger partial charge in [-0.15, -0.1) is 0 Å². The van der Waals surface area contributed by atoms with E-state index in [0.717, 1.165) is 11.1 Å². The van der Waals surface area contributed by atoms with Crippen molar-refractivity contribution in [3.05, 3.63) is 74.3 Å². The highest BCUT2D eigenvalue weighted by atomic mass is 16.6. The predicted molar refractivity (Wildman–Crippen MR) is 97.3 cm³/mol. The van der Waals surface area contributed by atoms with Crippen LogP contribution in [0.25, 0.3) is 11.1 Å². The van der Waals surface area contributed by atoms with Crippen LogP contribution >= 0.6 is 0 Å². The molecular weight excluding hydrogens is 352 g/mol. The van der Waals surface area contributed by atoms with Gasteiger partial charge in [0.25, 0.3) is 5.69 Å². The fourth-order valence-electron chi connectivity index (χ4n) is 2.76. The molecule has 0 aliphatic heterocycles. The van der Waals surface area contributed by atoms with Gasteiger partial charge in [0.2, 0.25) is 0 Å². The minimum Gasteiger partial charge on any atom is -0.461 e. The third-order valence-corrected chi connectivity index (χ3v) is 4.28. The number of nitrogens with zero attached hydrogens (tertiary/aromatic N) is 2. The Hall–Kier alpha value is -3.42. The zero-order valence-corrected chi connectivity index (χ0v) is 14.7. The molecular formula is C19H18N2O6. The molecule has 0 radical (unpaired) electrons. The van der Waals surface area contributed by atoms with E-state index in [0.29, 0.717) is 11.9 Å². The first-order valence-electron chi connectivity index (χ1n) is 8.43. The Labute approximate surface area is 154 Å². The lowest BCUT2D eigenvalue weighted by molar-refractivity contribution is -0.384. The standard InChI is InChI=1S/C19H18N2O6/c1-13-5-2-3-6-14(13)12-26-18(22)7-4-10-20-16-9-8-15(21(24)25)11-17(16)27-19(20)23/h2-3,5-6,8-9,11H,4,7,10,12H2,1H3. The Balaban J connectivity index is 1.58. The van der Waals surface area contributed by atoms with Gasteiger partial charge in [0.15, 0.2) is 5.58 Å². The molecule has 0 saturated heterocycles. The zero-order chi connectivity index (χ0) is 19.4. The van der Waals surface area contributed by atoms with Crippen molar-refractivity contribution in [1.82, 2.24) is 4.57 Å². The van der Waals surface area contributed by atoms with Crippen molar-refractivity contribution in [3.63, 3.8) is 0 Å². The molecule has 3 rings (SSSR count). The number of hydrogen-bond acceptors (Lipinski definition) is 6. The van der Waals surface area contributed by atoms with Crippen LogP contribution in [0.15, 0.2) is 51.7 Å². The molecule has 0 unspecified atom stereocenters. The van der Waals surface area contributed by atoms with Gasteiger partial charge in [0.1, 0.15) is 6.61 Å². The summed E-state index contributed by atoms with van der Waals surface area (Å²) in [5.74, 6) is -0.964. The van der Waals surface area contributed by atoms with Crippen LogP contribution in [-0.4, -0.2) is 15.5 Å². The maximum Gasteiger partial charge on any atom is 0.419 e. The average molecular weight is 370 g/mol. The number of aromatic nitrogens is 1. The molecule has 8 heteroatoms. The molecule has 0 N–H and O–H groups in total. The summed E-state index contributed by atoms with van der Waals surface area (Å²) in [6.07, 6.45) is 0.538. The molecule has 3 aromatic rings. The van der Waals surface area contributed by atoms with Gasteiger partial charge >= 0.3 is 11.7 Å². The molecule has 0 amide bonds. The van der Waals surface area contributed by atoms with Crippen LogP contribution in [0, 0.1) is 17.0 Å². The van der Waals surface area contributed by atoms with E-state index in [1.165, 1.54) is 22.8 Å². The van der Waals surface area contributed by atoms with E-state index < -0.39 is 10.7 Å². The van der Waals surface area contributed by atoms with E-state index in [4.69, 9.17) is 9.15 Å². The van der Waals surface area contributed by atoms with E-state index in [2.05, 4.69) is 0 Å². The summed E-state index contributed by atoms with van der Waals surface area (Å²) in [6, 6.07) is 11.6. The molecule has 1 heterocycles. The first-order chi connectivity index (χ1) is 13.0. The Morgan fingerprint density at radius 2 is 2.04 bits per heavy atom. The van der Waals surface area contributed by atoms with Crippen LogP contribution in [0.3, 0.4) is 0 Å². The number of oxazole rings is 1. The Bertz CT molecular complexity index is 1050. The van der Waals surface area contributed by atoms with Crippen molar-refractivity contribution in [2.75, 3.05) is 0 Å². The third kappa shape index (κ3) is 4.22. The van der Waals surface area contributed by atoms with Crippen LogP contribution < -0.4 is 5.76 Å². The number of ether oxygens (including phenoxy) is 1. The fraction of sp³-hybridized carbons (Fsp3) is 0.263. The number of rotatable bonds is 7. The summed E-state index contributed by atoms with van der Waals surface area (Å²) in [4.78, 5) is 34.1. The Morgan fingerprint density at radius 1 is 1.26 bits per heavy atom. The molecule has 0 aliphatic carbocycles. The lowest BCUT2D eigenvalue weighted by atomic mass is 10.1. The van der Waals surface area contributed by atoms with Crippen LogP contribution in [0.4, 0.5) is 5.69 Å². The van der Waals surface area contributed by atoms with Crippen molar-refractivity contribution in [2.24, 2.45) is 0 Å². The van der Waals surface area contributed by atoms with Gasteiger partial charge in [-0.1, -0.05) is 24.3 Å². The van der Waals surface area contributed by atoms with Crippen molar-refractivity contribution in [1.29, 1.82) is 0 Å². The number of aryl methyl sites for hydroxylation is 2. The number of nitro groups is 1. The molecule has 0 bridgehead atoms. The average Bonchev–Trinajstić information content (AvgIpc) is 2.95. The van der Waals surface area contributed by atoms with Gasteiger partial charge in [0.05, 0.1) is 16.5 Å². The number of carbonyl (C=O) groups is 1. The molecule has 0 fully saturated rings. The summed E-state index contributed by atoms with van der Waals surface area (Å²) >= 11 is 0. The van der Waals surface area contributed by atoms with Crippen molar-refractivity contribution >= 4 is 22.8 Å². The molecule has 0 spiro atoms. The summed E-state index contributed by atoms with van der Waals surface area (Å²) in [5, 5.41) is 10.8. The van der Waals surface area contributed by atoms with Crippen molar-refractivity contribution < 1.29 is 18.9 Å². The number of esters is 1.